The van der Waals surface area contributed by atoms with Gasteiger partial charge in [-0.15, -0.1) is 11.8 Å². The summed E-state index contributed by atoms with van der Waals surface area (Å²) in [5, 5.41) is 3.99. The van der Waals surface area contributed by atoms with Crippen LogP contribution in [0, 0.1) is 5.82 Å². The smallest absolute Gasteiger partial charge is 0.230 e. The molecule has 0 aliphatic carbocycles. The van der Waals surface area contributed by atoms with E-state index < -0.39 is 0 Å². The lowest BCUT2D eigenvalue weighted by molar-refractivity contribution is -0.118. The van der Waals surface area contributed by atoms with Crippen molar-refractivity contribution in [2.45, 2.75) is 11.5 Å². The van der Waals surface area contributed by atoms with Crippen LogP contribution < -0.4 is 5.32 Å². The van der Waals surface area contributed by atoms with Gasteiger partial charge in [0, 0.05) is 39.4 Å². The second-order valence-electron chi connectivity index (χ2n) is 5.23. The van der Waals surface area contributed by atoms with Crippen LogP contribution in [-0.4, -0.2) is 24.0 Å². The Morgan fingerprint density at radius 3 is 2.64 bits per heavy atom. The van der Waals surface area contributed by atoms with Crippen LogP contribution in [0.15, 0.2) is 42.5 Å². The van der Waals surface area contributed by atoms with Gasteiger partial charge in [-0.1, -0.05) is 41.4 Å². The second-order valence-corrected chi connectivity index (χ2v) is 8.16. The Balaban J connectivity index is 1.58. The topological polar surface area (TPSA) is 29.1 Å². The van der Waals surface area contributed by atoms with Crippen molar-refractivity contribution in [2.24, 2.45) is 0 Å². The number of hydrogen-bond acceptors (Lipinski definition) is 3. The monoisotopic (exact) mass is 417 g/mol. The van der Waals surface area contributed by atoms with Crippen molar-refractivity contribution in [3.05, 3.63) is 69.5 Å². The fourth-order valence-electron chi connectivity index (χ4n) is 2.05. The number of thioether (sulfide) groups is 2. The van der Waals surface area contributed by atoms with Gasteiger partial charge in [-0.2, -0.15) is 11.8 Å². The summed E-state index contributed by atoms with van der Waals surface area (Å²) in [6, 6.07) is 12.3. The summed E-state index contributed by atoms with van der Waals surface area (Å²) in [5.41, 5.74) is 1.61. The number of nitrogens with one attached hydrogen (secondary N) is 1. The number of carbonyl (C=O) groups excluding carboxylic acids is 1. The molecule has 1 amide bonds. The molecule has 0 fully saturated rings. The molecule has 0 heterocycles. The van der Waals surface area contributed by atoms with Crippen LogP contribution >= 0.6 is 46.7 Å². The molecule has 1 N–H and O–H groups in total. The predicted molar refractivity (Wildman–Crippen MR) is 108 cm³/mol. The number of carbonyl (C=O) groups is 1. The minimum atomic E-state index is -0.335. The molecule has 0 saturated heterocycles. The lowest BCUT2D eigenvalue weighted by Crippen LogP contribution is -2.27. The summed E-state index contributed by atoms with van der Waals surface area (Å²) >= 11 is 15.0. The first-order valence-electron chi connectivity index (χ1n) is 7.66. The van der Waals surface area contributed by atoms with Crippen LogP contribution in [0.4, 0.5) is 4.39 Å². The third kappa shape index (κ3) is 7.48. The minimum absolute atomic E-state index is 0.0548. The van der Waals surface area contributed by atoms with Crippen LogP contribution in [-0.2, 0) is 16.3 Å². The van der Waals surface area contributed by atoms with Crippen molar-refractivity contribution >= 4 is 52.6 Å². The van der Waals surface area contributed by atoms with Crippen molar-refractivity contribution in [3.8, 4) is 0 Å². The summed E-state index contributed by atoms with van der Waals surface area (Å²) in [6.45, 7) is 0.602. The zero-order chi connectivity index (χ0) is 18.1. The third-order valence-electron chi connectivity index (χ3n) is 3.27. The van der Waals surface area contributed by atoms with Gasteiger partial charge in [0.1, 0.15) is 5.82 Å². The fraction of sp³-hybridized carbons (Fsp3) is 0.278. The SMILES string of the molecule is O=C(CSCc1c(F)cccc1Cl)NCCSCc1cccc(Cl)c1. The summed E-state index contributed by atoms with van der Waals surface area (Å²) in [5.74, 6) is 1.95. The van der Waals surface area contributed by atoms with Gasteiger partial charge < -0.3 is 5.32 Å². The molecule has 0 bridgehead atoms. The molecular weight excluding hydrogens is 400 g/mol. The molecule has 2 rings (SSSR count). The molecule has 0 radical (unpaired) electrons. The Morgan fingerprint density at radius 1 is 1.08 bits per heavy atom. The van der Waals surface area contributed by atoms with E-state index in [0.717, 1.165) is 16.5 Å². The maximum absolute atomic E-state index is 13.6. The summed E-state index contributed by atoms with van der Waals surface area (Å²) < 4.78 is 13.6. The molecule has 7 heteroatoms. The molecule has 2 aromatic carbocycles. The van der Waals surface area contributed by atoms with Gasteiger partial charge >= 0.3 is 0 Å². The summed E-state index contributed by atoms with van der Waals surface area (Å²) in [6.07, 6.45) is 0. The van der Waals surface area contributed by atoms with Gasteiger partial charge in [-0.3, -0.25) is 4.79 Å². The van der Waals surface area contributed by atoms with E-state index >= 15 is 0 Å². The van der Waals surface area contributed by atoms with Crippen LogP contribution in [0.25, 0.3) is 0 Å². The highest BCUT2D eigenvalue weighted by molar-refractivity contribution is 7.99. The van der Waals surface area contributed by atoms with E-state index in [2.05, 4.69) is 5.32 Å². The predicted octanol–water partition coefficient (Wildman–Crippen LogP) is 5.42. The standard InChI is InChI=1S/C18H18Cl2FNOS2/c19-14-4-1-3-13(9-14)10-24-8-7-22-18(23)12-25-11-15-16(20)5-2-6-17(15)21/h1-6,9H,7-8,10-12H2,(H,22,23). The van der Waals surface area contributed by atoms with Crippen molar-refractivity contribution in [1.82, 2.24) is 5.32 Å². The fourth-order valence-corrected chi connectivity index (χ4v) is 4.26. The maximum Gasteiger partial charge on any atom is 0.230 e. The van der Waals surface area contributed by atoms with E-state index in [1.807, 2.05) is 24.3 Å². The van der Waals surface area contributed by atoms with Crippen molar-refractivity contribution in [1.29, 1.82) is 0 Å². The first kappa shape index (κ1) is 20.4. The third-order valence-corrected chi connectivity index (χ3v) is 5.85. The molecule has 134 valence electrons. The van der Waals surface area contributed by atoms with Crippen LogP contribution in [0.1, 0.15) is 11.1 Å². The minimum Gasteiger partial charge on any atom is -0.355 e. The molecule has 2 aromatic rings. The van der Waals surface area contributed by atoms with E-state index in [1.165, 1.54) is 23.4 Å². The Labute approximate surface area is 165 Å². The molecule has 0 atom stereocenters. The first-order chi connectivity index (χ1) is 12.1. The lowest BCUT2D eigenvalue weighted by atomic mass is 10.2. The van der Waals surface area contributed by atoms with Gasteiger partial charge in [0.2, 0.25) is 5.91 Å². The van der Waals surface area contributed by atoms with Crippen LogP contribution in [0.2, 0.25) is 10.0 Å². The molecule has 25 heavy (non-hydrogen) atoms. The Kier molecular flexibility index (Phi) is 8.96. The average Bonchev–Trinajstić information content (AvgIpc) is 2.57. The number of halogens is 3. The summed E-state index contributed by atoms with van der Waals surface area (Å²) in [4.78, 5) is 11.8. The highest BCUT2D eigenvalue weighted by Crippen LogP contribution is 2.23. The molecule has 0 unspecified atom stereocenters. The van der Waals surface area contributed by atoms with Gasteiger partial charge in [-0.25, -0.2) is 4.39 Å². The quantitative estimate of drug-likeness (QED) is 0.552. The Bertz CT molecular complexity index is 695. The van der Waals surface area contributed by atoms with E-state index in [0.29, 0.717) is 22.9 Å². The zero-order valence-corrected chi connectivity index (χ0v) is 16.6. The number of benzene rings is 2. The molecule has 0 saturated carbocycles. The summed E-state index contributed by atoms with van der Waals surface area (Å²) in [7, 11) is 0. The van der Waals surface area contributed by atoms with Gasteiger partial charge in [0.25, 0.3) is 0 Å². The normalized spacial score (nSPS) is 10.7. The van der Waals surface area contributed by atoms with Gasteiger partial charge in [0.15, 0.2) is 0 Å². The Morgan fingerprint density at radius 2 is 1.88 bits per heavy atom. The average molecular weight is 418 g/mol. The van der Waals surface area contributed by atoms with Crippen molar-refractivity contribution in [2.75, 3.05) is 18.1 Å². The zero-order valence-electron chi connectivity index (χ0n) is 13.4. The second kappa shape index (κ2) is 11.0. The van der Waals surface area contributed by atoms with Crippen molar-refractivity contribution in [3.63, 3.8) is 0 Å². The maximum atomic E-state index is 13.6. The highest BCUT2D eigenvalue weighted by atomic mass is 35.5. The van der Waals surface area contributed by atoms with E-state index in [4.69, 9.17) is 23.2 Å². The number of hydrogen-bond donors (Lipinski definition) is 1. The first-order valence-corrected chi connectivity index (χ1v) is 10.7. The van der Waals surface area contributed by atoms with Crippen LogP contribution in [0.3, 0.4) is 0 Å². The van der Waals surface area contributed by atoms with Gasteiger partial charge in [0.05, 0.1) is 5.75 Å². The van der Waals surface area contributed by atoms with E-state index in [1.54, 1.807) is 23.9 Å². The molecule has 0 aliphatic rings. The largest absolute Gasteiger partial charge is 0.355 e. The Hall–Kier alpha value is -0.880. The molecule has 0 aliphatic heterocycles. The van der Waals surface area contributed by atoms with Gasteiger partial charge in [-0.05, 0) is 29.8 Å². The molecule has 0 aromatic heterocycles. The molecular formula is C18H18Cl2FNOS2. The van der Waals surface area contributed by atoms with Crippen molar-refractivity contribution < 1.29 is 9.18 Å². The van der Waals surface area contributed by atoms with E-state index in [9.17, 15) is 9.18 Å². The van der Waals surface area contributed by atoms with E-state index in [-0.39, 0.29) is 17.5 Å². The lowest BCUT2D eigenvalue weighted by Gasteiger charge is -2.07. The van der Waals surface area contributed by atoms with Crippen LogP contribution in [0.5, 0.6) is 0 Å². The number of amides is 1. The molecule has 2 nitrogen and oxygen atoms in total. The number of rotatable bonds is 9. The molecule has 0 spiro atoms. The highest BCUT2D eigenvalue weighted by Gasteiger charge is 2.08.